The number of aliphatic hydroxyl groups is 1. The summed E-state index contributed by atoms with van der Waals surface area (Å²) < 4.78 is 14.2. The average molecular weight is 436 g/mol. The molecule has 0 bridgehead atoms. The van der Waals surface area contributed by atoms with Crippen LogP contribution in [-0.4, -0.2) is 46.6 Å². The van der Waals surface area contributed by atoms with Crippen molar-refractivity contribution in [2.45, 2.75) is 12.5 Å². The number of H-pyrrole nitrogens is 2. The SMILES string of the molecule is CNC(=O)CC(O)CNC(=O)c1ccc2cc(-c3cc4c(F)cccc4[nH]c3=O)[nH]c2c1. The zero-order valence-electron chi connectivity index (χ0n) is 17.2. The van der Waals surface area contributed by atoms with Crippen LogP contribution >= 0.6 is 0 Å². The van der Waals surface area contributed by atoms with Crippen molar-refractivity contribution in [2.24, 2.45) is 0 Å². The van der Waals surface area contributed by atoms with Crippen LogP contribution < -0.4 is 16.2 Å². The van der Waals surface area contributed by atoms with E-state index < -0.39 is 17.8 Å². The van der Waals surface area contributed by atoms with Crippen molar-refractivity contribution in [1.29, 1.82) is 0 Å². The molecule has 5 N–H and O–H groups in total. The number of carbonyl (C=O) groups excluding carboxylic acids is 2. The molecule has 4 aromatic rings. The van der Waals surface area contributed by atoms with E-state index in [0.717, 1.165) is 5.39 Å². The van der Waals surface area contributed by atoms with Gasteiger partial charge in [-0.2, -0.15) is 0 Å². The van der Waals surface area contributed by atoms with Crippen LogP contribution in [-0.2, 0) is 4.79 Å². The van der Waals surface area contributed by atoms with E-state index in [1.807, 2.05) is 0 Å². The Morgan fingerprint density at radius 2 is 1.91 bits per heavy atom. The Balaban J connectivity index is 1.58. The van der Waals surface area contributed by atoms with Gasteiger partial charge >= 0.3 is 0 Å². The van der Waals surface area contributed by atoms with E-state index in [9.17, 15) is 23.9 Å². The van der Waals surface area contributed by atoms with Crippen molar-refractivity contribution >= 4 is 33.6 Å². The average Bonchev–Trinajstić information content (AvgIpc) is 3.20. The van der Waals surface area contributed by atoms with Crippen molar-refractivity contribution in [3.05, 3.63) is 70.3 Å². The Kier molecular flexibility index (Phi) is 5.74. The van der Waals surface area contributed by atoms with Crippen molar-refractivity contribution in [2.75, 3.05) is 13.6 Å². The number of halogens is 1. The topological polar surface area (TPSA) is 127 Å². The molecule has 9 heteroatoms. The molecule has 0 aliphatic heterocycles. The minimum atomic E-state index is -1.00. The first-order valence-electron chi connectivity index (χ1n) is 9.97. The molecular weight excluding hydrogens is 415 g/mol. The van der Waals surface area contributed by atoms with Crippen LogP contribution in [0.25, 0.3) is 33.1 Å². The lowest BCUT2D eigenvalue weighted by Crippen LogP contribution is -2.35. The van der Waals surface area contributed by atoms with Gasteiger partial charge in [0, 0.05) is 35.4 Å². The molecule has 2 aromatic heterocycles. The summed E-state index contributed by atoms with van der Waals surface area (Å²) in [5, 5.41) is 15.9. The largest absolute Gasteiger partial charge is 0.391 e. The molecule has 2 heterocycles. The molecular formula is C23H21FN4O4. The van der Waals surface area contributed by atoms with E-state index in [2.05, 4.69) is 20.6 Å². The van der Waals surface area contributed by atoms with E-state index in [1.165, 1.54) is 25.2 Å². The second-order valence-electron chi connectivity index (χ2n) is 7.44. The van der Waals surface area contributed by atoms with Crippen molar-refractivity contribution in [3.8, 4) is 11.3 Å². The molecule has 164 valence electrons. The summed E-state index contributed by atoms with van der Waals surface area (Å²) in [6.07, 6.45) is -1.11. The molecule has 4 rings (SSSR count). The highest BCUT2D eigenvalue weighted by molar-refractivity contribution is 5.99. The van der Waals surface area contributed by atoms with Crippen LogP contribution in [0.4, 0.5) is 4.39 Å². The zero-order valence-corrected chi connectivity index (χ0v) is 17.2. The second kappa shape index (κ2) is 8.64. The minimum Gasteiger partial charge on any atom is -0.391 e. The van der Waals surface area contributed by atoms with Gasteiger partial charge in [0.25, 0.3) is 11.5 Å². The summed E-state index contributed by atoms with van der Waals surface area (Å²) in [7, 11) is 1.47. The Hall–Kier alpha value is -3.98. The maximum Gasteiger partial charge on any atom is 0.257 e. The lowest BCUT2D eigenvalue weighted by atomic mass is 10.1. The Morgan fingerprint density at radius 3 is 2.69 bits per heavy atom. The van der Waals surface area contributed by atoms with Gasteiger partial charge in [0.05, 0.1) is 29.3 Å². The number of aromatic nitrogens is 2. The molecule has 0 saturated carbocycles. The number of carbonyl (C=O) groups is 2. The van der Waals surface area contributed by atoms with Crippen molar-refractivity contribution in [1.82, 2.24) is 20.6 Å². The monoisotopic (exact) mass is 436 g/mol. The molecule has 0 saturated heterocycles. The number of rotatable bonds is 6. The third-order valence-electron chi connectivity index (χ3n) is 5.21. The lowest BCUT2D eigenvalue weighted by Gasteiger charge is -2.11. The Bertz CT molecular complexity index is 1390. The van der Waals surface area contributed by atoms with Gasteiger partial charge < -0.3 is 25.7 Å². The van der Waals surface area contributed by atoms with Crippen LogP contribution in [0.2, 0.25) is 0 Å². The number of hydrogen-bond acceptors (Lipinski definition) is 4. The van der Waals surface area contributed by atoms with Gasteiger partial charge in [-0.05, 0) is 36.4 Å². The molecule has 0 aliphatic carbocycles. The van der Waals surface area contributed by atoms with Gasteiger partial charge in [0.15, 0.2) is 0 Å². The van der Waals surface area contributed by atoms with E-state index in [4.69, 9.17) is 0 Å². The van der Waals surface area contributed by atoms with E-state index in [0.29, 0.717) is 27.7 Å². The van der Waals surface area contributed by atoms with Gasteiger partial charge in [0.1, 0.15) is 5.82 Å². The van der Waals surface area contributed by atoms with Gasteiger partial charge in [-0.1, -0.05) is 12.1 Å². The number of hydrogen-bond donors (Lipinski definition) is 5. The number of fused-ring (bicyclic) bond motifs is 2. The van der Waals surface area contributed by atoms with Crippen LogP contribution in [0.15, 0.2) is 53.3 Å². The van der Waals surface area contributed by atoms with Gasteiger partial charge in [-0.15, -0.1) is 0 Å². The Morgan fingerprint density at radius 1 is 1.09 bits per heavy atom. The number of pyridine rings is 1. The van der Waals surface area contributed by atoms with Gasteiger partial charge in [-0.25, -0.2) is 4.39 Å². The normalized spacial score (nSPS) is 12.1. The first-order chi connectivity index (χ1) is 15.4. The molecule has 32 heavy (non-hydrogen) atoms. The zero-order chi connectivity index (χ0) is 22.8. The first-order valence-corrected chi connectivity index (χ1v) is 9.97. The number of nitrogens with one attached hydrogen (secondary N) is 4. The molecule has 1 atom stereocenters. The predicted octanol–water partition coefficient (Wildman–Crippen LogP) is 2.04. The van der Waals surface area contributed by atoms with Crippen molar-refractivity contribution in [3.63, 3.8) is 0 Å². The highest BCUT2D eigenvalue weighted by Gasteiger charge is 2.14. The highest BCUT2D eigenvalue weighted by Crippen LogP contribution is 2.25. The summed E-state index contributed by atoms with van der Waals surface area (Å²) >= 11 is 0. The summed E-state index contributed by atoms with van der Waals surface area (Å²) in [5.41, 5.74) is 1.78. The maximum atomic E-state index is 14.2. The van der Waals surface area contributed by atoms with Gasteiger partial charge in [0.2, 0.25) is 5.91 Å². The third kappa shape index (κ3) is 4.23. The minimum absolute atomic E-state index is 0.0711. The highest BCUT2D eigenvalue weighted by atomic mass is 19.1. The number of benzene rings is 2. The predicted molar refractivity (Wildman–Crippen MR) is 119 cm³/mol. The molecule has 1 unspecified atom stereocenters. The van der Waals surface area contributed by atoms with E-state index in [-0.39, 0.29) is 30.0 Å². The lowest BCUT2D eigenvalue weighted by molar-refractivity contribution is -0.122. The smallest absolute Gasteiger partial charge is 0.257 e. The standard InChI is InChI=1S/C23H21FN4O4/c1-25-21(30)9-14(29)11-26-22(31)13-6-5-12-7-20(27-19(12)8-13)16-10-15-17(24)3-2-4-18(15)28-23(16)32/h2-8,10,14,27,29H,9,11H2,1H3,(H,25,30)(H,26,31)(H,28,32). The van der Waals surface area contributed by atoms with E-state index >= 15 is 0 Å². The summed E-state index contributed by atoms with van der Waals surface area (Å²) in [6.45, 7) is -0.0711. The molecule has 0 radical (unpaired) electrons. The van der Waals surface area contributed by atoms with E-state index in [1.54, 1.807) is 30.3 Å². The van der Waals surface area contributed by atoms with Crippen molar-refractivity contribution < 1.29 is 19.1 Å². The second-order valence-corrected chi connectivity index (χ2v) is 7.44. The molecule has 2 aromatic carbocycles. The molecule has 2 amide bonds. The summed E-state index contributed by atoms with van der Waals surface area (Å²) in [4.78, 5) is 42.0. The van der Waals surface area contributed by atoms with Crippen LogP contribution in [0.3, 0.4) is 0 Å². The third-order valence-corrected chi connectivity index (χ3v) is 5.21. The van der Waals surface area contributed by atoms with Crippen LogP contribution in [0.1, 0.15) is 16.8 Å². The molecule has 0 fully saturated rings. The fourth-order valence-electron chi connectivity index (χ4n) is 3.51. The Labute approximate surface area is 181 Å². The van der Waals surface area contributed by atoms with Crippen LogP contribution in [0, 0.1) is 5.82 Å². The number of aromatic amines is 2. The quantitative estimate of drug-likeness (QED) is 0.317. The fraction of sp³-hybridized carbons (Fsp3) is 0.174. The number of amides is 2. The molecule has 0 aliphatic rings. The van der Waals surface area contributed by atoms with Crippen LogP contribution in [0.5, 0.6) is 0 Å². The molecule has 0 spiro atoms. The van der Waals surface area contributed by atoms with Gasteiger partial charge in [-0.3, -0.25) is 14.4 Å². The summed E-state index contributed by atoms with van der Waals surface area (Å²) in [6, 6.07) is 12.7. The summed E-state index contributed by atoms with van der Waals surface area (Å²) in [5.74, 6) is -1.17. The number of aliphatic hydroxyl groups excluding tert-OH is 1. The fourth-order valence-corrected chi connectivity index (χ4v) is 3.51. The molecule has 8 nitrogen and oxygen atoms in total. The maximum absolute atomic E-state index is 14.2. The first kappa shape index (κ1) is 21.3.